The Hall–Kier alpha value is -1.93. The molecule has 2 amide bonds. The maximum Gasteiger partial charge on any atom is 0.240 e. The van der Waals surface area contributed by atoms with E-state index in [4.69, 9.17) is 0 Å². The number of rotatable bonds is 7. The highest BCUT2D eigenvalue weighted by molar-refractivity contribution is 7.89. The Morgan fingerprint density at radius 3 is 2.15 bits per heavy atom. The summed E-state index contributed by atoms with van der Waals surface area (Å²) in [6.45, 7) is 3.47. The van der Waals surface area contributed by atoms with E-state index in [-0.39, 0.29) is 29.3 Å². The minimum atomic E-state index is -3.67. The normalized spacial score (nSPS) is 15.8. The summed E-state index contributed by atoms with van der Waals surface area (Å²) in [7, 11) is -3.67. The Morgan fingerprint density at radius 1 is 1.04 bits per heavy atom. The van der Waals surface area contributed by atoms with Gasteiger partial charge in [-0.1, -0.05) is 25.7 Å². The number of hydrogen-bond acceptors (Lipinski definition) is 4. The monoisotopic (exact) mass is 395 g/mol. The Morgan fingerprint density at radius 2 is 1.63 bits per heavy atom. The van der Waals surface area contributed by atoms with Gasteiger partial charge in [0.1, 0.15) is 0 Å². The van der Waals surface area contributed by atoms with Crippen LogP contribution in [0.2, 0.25) is 0 Å². The third kappa shape index (κ3) is 6.62. The van der Waals surface area contributed by atoms with E-state index in [1.807, 2.05) is 0 Å². The minimum absolute atomic E-state index is 0.0132. The third-order valence-corrected chi connectivity index (χ3v) is 6.28. The summed E-state index contributed by atoms with van der Waals surface area (Å²) >= 11 is 0. The van der Waals surface area contributed by atoms with Crippen LogP contribution in [0.4, 0.5) is 5.69 Å². The largest absolute Gasteiger partial charge is 0.339 e. The van der Waals surface area contributed by atoms with Crippen LogP contribution in [0.25, 0.3) is 0 Å². The van der Waals surface area contributed by atoms with E-state index in [9.17, 15) is 18.0 Å². The Balaban J connectivity index is 1.94. The number of nitrogens with zero attached hydrogens (tertiary/aromatic N) is 1. The van der Waals surface area contributed by atoms with Crippen LogP contribution in [0.15, 0.2) is 29.2 Å². The van der Waals surface area contributed by atoms with E-state index in [1.165, 1.54) is 31.9 Å². The predicted octanol–water partition coefficient (Wildman–Crippen LogP) is 2.49. The molecular weight excluding hydrogens is 366 g/mol. The van der Waals surface area contributed by atoms with Crippen molar-refractivity contribution in [1.29, 1.82) is 0 Å². The van der Waals surface area contributed by atoms with E-state index in [2.05, 4.69) is 10.0 Å². The van der Waals surface area contributed by atoms with Gasteiger partial charge < -0.3 is 10.2 Å². The highest BCUT2D eigenvalue weighted by Crippen LogP contribution is 2.22. The second-order valence-corrected chi connectivity index (χ2v) is 8.73. The zero-order valence-corrected chi connectivity index (χ0v) is 16.8. The van der Waals surface area contributed by atoms with Crippen molar-refractivity contribution in [3.63, 3.8) is 0 Å². The second kappa shape index (κ2) is 9.85. The molecule has 1 aromatic rings. The van der Waals surface area contributed by atoms with Gasteiger partial charge in [0.2, 0.25) is 21.8 Å². The number of sulfonamides is 1. The molecule has 0 radical (unpaired) electrons. The number of benzene rings is 1. The molecule has 1 aliphatic carbocycles. The lowest BCUT2D eigenvalue weighted by Crippen LogP contribution is -2.43. The van der Waals surface area contributed by atoms with Crippen molar-refractivity contribution >= 4 is 27.5 Å². The van der Waals surface area contributed by atoms with Gasteiger partial charge in [-0.25, -0.2) is 13.1 Å². The van der Waals surface area contributed by atoms with Crippen LogP contribution in [0.5, 0.6) is 0 Å². The lowest BCUT2D eigenvalue weighted by Gasteiger charge is -2.30. The average molecular weight is 396 g/mol. The van der Waals surface area contributed by atoms with Crippen molar-refractivity contribution in [2.75, 3.05) is 18.4 Å². The predicted molar refractivity (Wildman–Crippen MR) is 105 cm³/mol. The number of amides is 2. The van der Waals surface area contributed by atoms with E-state index in [0.29, 0.717) is 12.2 Å². The summed E-state index contributed by atoms with van der Waals surface area (Å²) in [6, 6.07) is 6.18. The summed E-state index contributed by atoms with van der Waals surface area (Å²) in [6.07, 6.45) is 6.59. The first-order valence-electron chi connectivity index (χ1n) is 9.44. The lowest BCUT2D eigenvalue weighted by atomic mass is 10.1. The SMILES string of the molecule is CC(=O)Nc1ccc(S(=O)(=O)NCCN(C(C)=O)C2CCCCCC2)cc1. The topological polar surface area (TPSA) is 95.6 Å². The molecule has 2 rings (SSSR count). The van der Waals surface area contributed by atoms with Crippen LogP contribution >= 0.6 is 0 Å². The molecule has 27 heavy (non-hydrogen) atoms. The Kier molecular flexibility index (Phi) is 7.79. The van der Waals surface area contributed by atoms with Crippen LogP contribution < -0.4 is 10.0 Å². The van der Waals surface area contributed by atoms with Crippen molar-refractivity contribution in [2.45, 2.75) is 63.3 Å². The molecule has 2 N–H and O–H groups in total. The van der Waals surface area contributed by atoms with Gasteiger partial charge in [0, 0.05) is 38.7 Å². The number of nitrogens with one attached hydrogen (secondary N) is 2. The van der Waals surface area contributed by atoms with Gasteiger partial charge in [-0.3, -0.25) is 9.59 Å². The van der Waals surface area contributed by atoms with Crippen molar-refractivity contribution in [3.05, 3.63) is 24.3 Å². The molecule has 0 aliphatic heterocycles. The van der Waals surface area contributed by atoms with Gasteiger partial charge in [0.05, 0.1) is 4.90 Å². The van der Waals surface area contributed by atoms with Gasteiger partial charge in [-0.05, 0) is 37.1 Å². The van der Waals surface area contributed by atoms with Crippen LogP contribution in [-0.4, -0.2) is 44.3 Å². The van der Waals surface area contributed by atoms with Gasteiger partial charge >= 0.3 is 0 Å². The fourth-order valence-corrected chi connectivity index (χ4v) is 4.49. The van der Waals surface area contributed by atoms with Crippen molar-refractivity contribution in [3.8, 4) is 0 Å². The number of carbonyl (C=O) groups is 2. The Labute approximate surface area is 161 Å². The standard InChI is InChI=1S/C19H29N3O4S/c1-15(23)21-17-9-11-19(12-10-17)27(25,26)20-13-14-22(16(2)24)18-7-5-3-4-6-8-18/h9-12,18,20H,3-8,13-14H2,1-2H3,(H,21,23). The van der Waals surface area contributed by atoms with Crippen LogP contribution in [0.1, 0.15) is 52.4 Å². The quantitative estimate of drug-likeness (QED) is 0.694. The maximum absolute atomic E-state index is 12.4. The van der Waals surface area contributed by atoms with E-state index in [0.717, 1.165) is 25.7 Å². The maximum atomic E-state index is 12.4. The van der Waals surface area contributed by atoms with Gasteiger partial charge in [-0.15, -0.1) is 0 Å². The van der Waals surface area contributed by atoms with Gasteiger partial charge in [0.25, 0.3) is 0 Å². The summed E-state index contributed by atoms with van der Waals surface area (Å²) in [5, 5.41) is 2.60. The summed E-state index contributed by atoms with van der Waals surface area (Å²) in [5.41, 5.74) is 0.539. The van der Waals surface area contributed by atoms with E-state index >= 15 is 0 Å². The number of anilines is 1. The lowest BCUT2D eigenvalue weighted by molar-refractivity contribution is -0.131. The third-order valence-electron chi connectivity index (χ3n) is 4.80. The first-order chi connectivity index (χ1) is 12.8. The molecule has 0 unspecified atom stereocenters. The fourth-order valence-electron chi connectivity index (χ4n) is 3.47. The molecule has 0 bridgehead atoms. The molecular formula is C19H29N3O4S. The molecule has 8 heteroatoms. The zero-order valence-electron chi connectivity index (χ0n) is 16.0. The molecule has 7 nitrogen and oxygen atoms in total. The number of hydrogen-bond donors (Lipinski definition) is 2. The average Bonchev–Trinajstić information content (AvgIpc) is 2.87. The molecule has 0 saturated heterocycles. The summed E-state index contributed by atoms with van der Waals surface area (Å²) in [4.78, 5) is 25.0. The smallest absolute Gasteiger partial charge is 0.240 e. The van der Waals surface area contributed by atoms with Gasteiger partial charge in [-0.2, -0.15) is 0 Å². The molecule has 1 aromatic carbocycles. The highest BCUT2D eigenvalue weighted by Gasteiger charge is 2.23. The first-order valence-corrected chi connectivity index (χ1v) is 10.9. The van der Waals surface area contributed by atoms with Crippen molar-refractivity contribution in [2.24, 2.45) is 0 Å². The van der Waals surface area contributed by atoms with Crippen molar-refractivity contribution < 1.29 is 18.0 Å². The highest BCUT2D eigenvalue weighted by atomic mass is 32.2. The summed E-state index contributed by atoms with van der Waals surface area (Å²) < 4.78 is 27.5. The van der Waals surface area contributed by atoms with Crippen LogP contribution in [-0.2, 0) is 19.6 Å². The molecule has 1 fully saturated rings. The molecule has 1 aliphatic rings. The van der Waals surface area contributed by atoms with Gasteiger partial charge in [0.15, 0.2) is 0 Å². The molecule has 0 aromatic heterocycles. The molecule has 150 valence electrons. The number of carbonyl (C=O) groups excluding carboxylic acids is 2. The van der Waals surface area contributed by atoms with Crippen LogP contribution in [0.3, 0.4) is 0 Å². The first kappa shape index (κ1) is 21.4. The molecule has 0 spiro atoms. The molecule has 0 heterocycles. The van der Waals surface area contributed by atoms with E-state index in [1.54, 1.807) is 24.0 Å². The fraction of sp³-hybridized carbons (Fsp3) is 0.579. The van der Waals surface area contributed by atoms with E-state index < -0.39 is 10.0 Å². The molecule has 1 saturated carbocycles. The molecule has 0 atom stereocenters. The second-order valence-electron chi connectivity index (χ2n) is 6.96. The summed E-state index contributed by atoms with van der Waals surface area (Å²) in [5.74, 6) is -0.229. The van der Waals surface area contributed by atoms with Crippen molar-refractivity contribution in [1.82, 2.24) is 9.62 Å². The van der Waals surface area contributed by atoms with Crippen LogP contribution in [0, 0.1) is 0 Å². The zero-order chi connectivity index (χ0) is 19.9. The Bertz CT molecular complexity index is 739. The minimum Gasteiger partial charge on any atom is -0.339 e.